The van der Waals surface area contributed by atoms with Crippen LogP contribution in [0.2, 0.25) is 0 Å². The topological polar surface area (TPSA) is 78.9 Å². The standard InChI is InChI=1S/C67H122O6/c1-4-7-10-13-16-19-22-25-28-30-32-33-35-37-40-42-45-48-51-54-57-60-66(69)72-63-64(73-67(70)61-58-55-52-49-46-43-38-27-24-21-18-15-12-9-6-3)62-71-65(68)59-56-53-50-47-44-41-39-36-34-31-29-26-23-20-17-14-11-8-5-2/h17,20,25-29,38,64H,4-16,18-19,21-24,30-37,39-63H2,1-3H3/b20-17-,28-25-,29-26-,38-27-/t64-/m1/s1. The molecule has 1 atom stereocenters. The summed E-state index contributed by atoms with van der Waals surface area (Å²) in [6, 6.07) is 0. The van der Waals surface area contributed by atoms with Crippen molar-refractivity contribution in [3.05, 3.63) is 48.6 Å². The molecule has 0 aromatic carbocycles. The van der Waals surface area contributed by atoms with Gasteiger partial charge in [0.25, 0.3) is 0 Å². The molecule has 0 aliphatic heterocycles. The van der Waals surface area contributed by atoms with Crippen molar-refractivity contribution in [3.63, 3.8) is 0 Å². The number of hydrogen-bond donors (Lipinski definition) is 0. The molecule has 0 heterocycles. The van der Waals surface area contributed by atoms with Crippen molar-refractivity contribution in [3.8, 4) is 0 Å². The Morgan fingerprint density at radius 3 is 0.795 bits per heavy atom. The maximum atomic E-state index is 12.9. The van der Waals surface area contributed by atoms with Crippen LogP contribution in [0.4, 0.5) is 0 Å². The molecule has 0 saturated carbocycles. The van der Waals surface area contributed by atoms with Crippen LogP contribution in [0.1, 0.15) is 342 Å². The van der Waals surface area contributed by atoms with Gasteiger partial charge >= 0.3 is 17.9 Å². The molecule has 0 spiro atoms. The van der Waals surface area contributed by atoms with E-state index in [1.54, 1.807) is 0 Å². The predicted octanol–water partition coefficient (Wildman–Crippen LogP) is 21.8. The highest BCUT2D eigenvalue weighted by Gasteiger charge is 2.19. The Hall–Kier alpha value is -2.63. The van der Waals surface area contributed by atoms with Crippen LogP contribution in [-0.2, 0) is 28.6 Å². The van der Waals surface area contributed by atoms with Crippen LogP contribution in [0, 0.1) is 0 Å². The normalized spacial score (nSPS) is 12.3. The van der Waals surface area contributed by atoms with Gasteiger partial charge in [0, 0.05) is 19.3 Å². The number of carbonyl (C=O) groups is 3. The second-order valence-corrected chi connectivity index (χ2v) is 21.7. The molecule has 73 heavy (non-hydrogen) atoms. The number of hydrogen-bond acceptors (Lipinski definition) is 6. The fourth-order valence-electron chi connectivity index (χ4n) is 9.41. The summed E-state index contributed by atoms with van der Waals surface area (Å²) in [5, 5.41) is 0. The molecule has 0 saturated heterocycles. The summed E-state index contributed by atoms with van der Waals surface area (Å²) in [5.74, 6) is -0.870. The summed E-state index contributed by atoms with van der Waals surface area (Å²) in [5.41, 5.74) is 0. The number of ether oxygens (including phenoxy) is 3. The van der Waals surface area contributed by atoms with Gasteiger partial charge in [0.2, 0.25) is 0 Å². The van der Waals surface area contributed by atoms with E-state index in [-0.39, 0.29) is 31.1 Å². The summed E-state index contributed by atoms with van der Waals surface area (Å²) in [7, 11) is 0. The maximum absolute atomic E-state index is 12.9. The average molecular weight is 1020 g/mol. The molecule has 426 valence electrons. The molecule has 0 aromatic heterocycles. The zero-order valence-corrected chi connectivity index (χ0v) is 48.9. The van der Waals surface area contributed by atoms with E-state index in [9.17, 15) is 14.4 Å². The molecule has 0 aliphatic rings. The number of esters is 3. The van der Waals surface area contributed by atoms with Gasteiger partial charge in [0.1, 0.15) is 13.2 Å². The highest BCUT2D eigenvalue weighted by Crippen LogP contribution is 2.17. The van der Waals surface area contributed by atoms with Gasteiger partial charge in [-0.1, -0.05) is 268 Å². The Balaban J connectivity index is 4.33. The van der Waals surface area contributed by atoms with Crippen molar-refractivity contribution < 1.29 is 28.6 Å². The van der Waals surface area contributed by atoms with Crippen molar-refractivity contribution in [2.24, 2.45) is 0 Å². The van der Waals surface area contributed by atoms with E-state index in [4.69, 9.17) is 14.2 Å². The molecule has 0 rings (SSSR count). The number of unbranched alkanes of at least 4 members (excludes halogenated alkanes) is 40. The van der Waals surface area contributed by atoms with Gasteiger partial charge in [-0.15, -0.1) is 0 Å². The van der Waals surface area contributed by atoms with Crippen LogP contribution in [-0.4, -0.2) is 37.2 Å². The first kappa shape index (κ1) is 70.4. The molecule has 0 aliphatic carbocycles. The van der Waals surface area contributed by atoms with Crippen LogP contribution in [0.15, 0.2) is 48.6 Å². The van der Waals surface area contributed by atoms with Crippen LogP contribution < -0.4 is 0 Å². The average Bonchev–Trinajstić information content (AvgIpc) is 3.39. The van der Waals surface area contributed by atoms with Gasteiger partial charge in [-0.25, -0.2) is 0 Å². The summed E-state index contributed by atoms with van der Waals surface area (Å²) in [6.45, 7) is 6.64. The maximum Gasteiger partial charge on any atom is 0.306 e. The molecular weight excluding hydrogens is 901 g/mol. The lowest BCUT2D eigenvalue weighted by Gasteiger charge is -2.18. The number of carbonyl (C=O) groups excluding carboxylic acids is 3. The second-order valence-electron chi connectivity index (χ2n) is 21.7. The molecule has 0 unspecified atom stereocenters. The quantitative estimate of drug-likeness (QED) is 0.0261. The van der Waals surface area contributed by atoms with E-state index >= 15 is 0 Å². The Morgan fingerprint density at radius 1 is 0.274 bits per heavy atom. The SMILES string of the molecule is CCCCC/C=C\C/C=C\CCCCCCCCCCCC(=O)OC[C@H](COC(=O)CCCCCCCCCCCCC/C=C\CCCCCCCC)OC(=O)CCCCCCC/C=C\CCCCCCCC. The highest BCUT2D eigenvalue weighted by atomic mass is 16.6. The van der Waals surface area contributed by atoms with E-state index in [1.165, 1.54) is 231 Å². The fraction of sp³-hybridized carbons (Fsp3) is 0.836. The van der Waals surface area contributed by atoms with Crippen molar-refractivity contribution >= 4 is 17.9 Å². The molecule has 0 radical (unpaired) electrons. The van der Waals surface area contributed by atoms with Gasteiger partial charge in [0.05, 0.1) is 0 Å². The Morgan fingerprint density at radius 2 is 0.493 bits per heavy atom. The van der Waals surface area contributed by atoms with E-state index in [0.717, 1.165) is 70.6 Å². The summed E-state index contributed by atoms with van der Waals surface area (Å²) >= 11 is 0. The zero-order chi connectivity index (χ0) is 52.9. The molecule has 0 amide bonds. The van der Waals surface area contributed by atoms with Crippen LogP contribution >= 0.6 is 0 Å². The first-order valence-corrected chi connectivity index (χ1v) is 32.1. The molecular formula is C67H122O6. The summed E-state index contributed by atoms with van der Waals surface area (Å²) < 4.78 is 16.9. The fourth-order valence-corrected chi connectivity index (χ4v) is 9.41. The predicted molar refractivity (Wildman–Crippen MR) is 316 cm³/mol. The third-order valence-electron chi connectivity index (χ3n) is 14.3. The lowest BCUT2D eigenvalue weighted by molar-refractivity contribution is -0.167. The van der Waals surface area contributed by atoms with Gasteiger partial charge in [-0.05, 0) is 103 Å². The van der Waals surface area contributed by atoms with E-state index in [0.29, 0.717) is 19.3 Å². The van der Waals surface area contributed by atoms with Gasteiger partial charge < -0.3 is 14.2 Å². The molecule has 0 N–H and O–H groups in total. The Labute approximate surface area is 454 Å². The molecule has 0 bridgehead atoms. The van der Waals surface area contributed by atoms with Gasteiger partial charge in [-0.2, -0.15) is 0 Å². The van der Waals surface area contributed by atoms with Crippen molar-refractivity contribution in [2.75, 3.05) is 13.2 Å². The van der Waals surface area contributed by atoms with Crippen molar-refractivity contribution in [2.45, 2.75) is 348 Å². The molecule has 6 nitrogen and oxygen atoms in total. The first-order valence-electron chi connectivity index (χ1n) is 32.1. The van der Waals surface area contributed by atoms with Crippen LogP contribution in [0.3, 0.4) is 0 Å². The third-order valence-corrected chi connectivity index (χ3v) is 14.3. The van der Waals surface area contributed by atoms with Crippen molar-refractivity contribution in [1.29, 1.82) is 0 Å². The monoisotopic (exact) mass is 1020 g/mol. The van der Waals surface area contributed by atoms with E-state index < -0.39 is 6.10 Å². The first-order chi connectivity index (χ1) is 36.0. The van der Waals surface area contributed by atoms with Gasteiger partial charge in [-0.3, -0.25) is 14.4 Å². The van der Waals surface area contributed by atoms with E-state index in [2.05, 4.69) is 69.4 Å². The minimum absolute atomic E-state index is 0.0757. The minimum atomic E-state index is -0.779. The molecule has 6 heteroatoms. The minimum Gasteiger partial charge on any atom is -0.462 e. The number of rotatable bonds is 59. The lowest BCUT2D eigenvalue weighted by Crippen LogP contribution is -2.30. The van der Waals surface area contributed by atoms with Gasteiger partial charge in [0.15, 0.2) is 6.10 Å². The van der Waals surface area contributed by atoms with Crippen molar-refractivity contribution in [1.82, 2.24) is 0 Å². The third kappa shape index (κ3) is 60.1. The Kier molecular flexibility index (Phi) is 59.7. The smallest absolute Gasteiger partial charge is 0.306 e. The second kappa shape index (κ2) is 61.9. The molecule has 0 aromatic rings. The number of allylic oxidation sites excluding steroid dienone is 8. The molecule has 0 fully saturated rings. The summed E-state index contributed by atoms with van der Waals surface area (Å²) in [4.78, 5) is 38.3. The Bertz CT molecular complexity index is 1270. The largest absolute Gasteiger partial charge is 0.462 e. The highest BCUT2D eigenvalue weighted by molar-refractivity contribution is 5.71. The lowest BCUT2D eigenvalue weighted by atomic mass is 10.0. The summed E-state index contributed by atoms with van der Waals surface area (Å²) in [6.07, 6.45) is 76.8. The zero-order valence-electron chi connectivity index (χ0n) is 48.9. The van der Waals surface area contributed by atoms with E-state index in [1.807, 2.05) is 0 Å². The van der Waals surface area contributed by atoms with Crippen LogP contribution in [0.25, 0.3) is 0 Å². The van der Waals surface area contributed by atoms with Crippen LogP contribution in [0.5, 0.6) is 0 Å².